The topological polar surface area (TPSA) is 101 Å². The Morgan fingerprint density at radius 3 is 2.76 bits per heavy atom. The van der Waals surface area contributed by atoms with Crippen molar-refractivity contribution < 1.29 is 14.5 Å². The Morgan fingerprint density at radius 2 is 2.14 bits per heavy atom. The Balaban J connectivity index is 2.38. The summed E-state index contributed by atoms with van der Waals surface area (Å²) in [4.78, 5) is 33.7. The predicted molar refractivity (Wildman–Crippen MR) is 76.4 cm³/mol. The SMILES string of the molecule is CNC(=O)[C@@H](C)NC1=CC(=O)Cc2ccc([N+](=O)[O-])cc21. The van der Waals surface area contributed by atoms with E-state index in [2.05, 4.69) is 10.6 Å². The number of hydrogen-bond acceptors (Lipinski definition) is 5. The second kappa shape index (κ2) is 5.74. The van der Waals surface area contributed by atoms with E-state index in [1.54, 1.807) is 13.0 Å². The Bertz CT molecular complexity index is 652. The Morgan fingerprint density at radius 1 is 1.43 bits per heavy atom. The normalized spacial score (nSPS) is 14.8. The van der Waals surface area contributed by atoms with Crippen LogP contribution in [0.25, 0.3) is 5.70 Å². The van der Waals surface area contributed by atoms with Gasteiger partial charge in [-0.2, -0.15) is 0 Å². The van der Waals surface area contributed by atoms with E-state index in [1.165, 1.54) is 25.3 Å². The summed E-state index contributed by atoms with van der Waals surface area (Å²) in [5.41, 5.74) is 1.67. The van der Waals surface area contributed by atoms with Gasteiger partial charge < -0.3 is 10.6 Å². The molecule has 0 heterocycles. The van der Waals surface area contributed by atoms with Crippen molar-refractivity contribution in [1.82, 2.24) is 10.6 Å². The fourth-order valence-corrected chi connectivity index (χ4v) is 2.20. The molecule has 0 saturated heterocycles. The number of benzene rings is 1. The number of carbonyl (C=O) groups excluding carboxylic acids is 2. The maximum absolute atomic E-state index is 11.7. The molecule has 1 aliphatic rings. The lowest BCUT2D eigenvalue weighted by molar-refractivity contribution is -0.384. The van der Waals surface area contributed by atoms with Gasteiger partial charge in [-0.3, -0.25) is 19.7 Å². The number of fused-ring (bicyclic) bond motifs is 1. The fraction of sp³-hybridized carbons (Fsp3) is 0.286. The van der Waals surface area contributed by atoms with Gasteiger partial charge >= 0.3 is 0 Å². The molecule has 2 N–H and O–H groups in total. The number of allylic oxidation sites excluding steroid dienone is 1. The van der Waals surface area contributed by atoms with Gasteiger partial charge in [-0.1, -0.05) is 6.07 Å². The highest BCUT2D eigenvalue weighted by atomic mass is 16.6. The van der Waals surface area contributed by atoms with E-state index < -0.39 is 11.0 Å². The van der Waals surface area contributed by atoms with Gasteiger partial charge in [0.15, 0.2) is 5.78 Å². The van der Waals surface area contributed by atoms with Crippen LogP contribution in [-0.2, 0) is 16.0 Å². The van der Waals surface area contributed by atoms with E-state index >= 15 is 0 Å². The highest BCUT2D eigenvalue weighted by Gasteiger charge is 2.22. The number of carbonyl (C=O) groups is 2. The largest absolute Gasteiger partial charge is 0.373 e. The maximum Gasteiger partial charge on any atom is 0.270 e. The third-order valence-electron chi connectivity index (χ3n) is 3.28. The molecule has 7 nitrogen and oxygen atoms in total. The van der Waals surface area contributed by atoms with Gasteiger partial charge in [0.1, 0.15) is 6.04 Å². The first-order chi connectivity index (χ1) is 9.92. The maximum atomic E-state index is 11.7. The van der Waals surface area contributed by atoms with Gasteiger partial charge in [-0.05, 0) is 12.5 Å². The molecule has 0 aliphatic heterocycles. The molecule has 0 saturated carbocycles. The van der Waals surface area contributed by atoms with Crippen molar-refractivity contribution in [3.05, 3.63) is 45.5 Å². The number of nitro groups is 1. The third kappa shape index (κ3) is 3.07. The molecule has 1 aromatic rings. The number of ketones is 1. The third-order valence-corrected chi connectivity index (χ3v) is 3.28. The van der Waals surface area contributed by atoms with Crippen molar-refractivity contribution in [3.63, 3.8) is 0 Å². The van der Waals surface area contributed by atoms with Crippen LogP contribution >= 0.6 is 0 Å². The van der Waals surface area contributed by atoms with Gasteiger partial charge in [-0.25, -0.2) is 0 Å². The molecule has 7 heteroatoms. The van der Waals surface area contributed by atoms with Crippen LogP contribution in [-0.4, -0.2) is 29.7 Å². The monoisotopic (exact) mass is 289 g/mol. The van der Waals surface area contributed by atoms with E-state index in [9.17, 15) is 19.7 Å². The number of nitro benzene ring substituents is 1. The summed E-state index contributed by atoms with van der Waals surface area (Å²) in [5.74, 6) is -0.344. The highest BCUT2D eigenvalue weighted by Crippen LogP contribution is 2.27. The Hall–Kier alpha value is -2.70. The first-order valence-corrected chi connectivity index (χ1v) is 6.42. The van der Waals surface area contributed by atoms with Gasteiger partial charge in [0, 0.05) is 42.9 Å². The van der Waals surface area contributed by atoms with Crippen molar-refractivity contribution in [2.24, 2.45) is 0 Å². The quantitative estimate of drug-likeness (QED) is 0.630. The first-order valence-electron chi connectivity index (χ1n) is 6.42. The number of non-ortho nitro benzene ring substituents is 1. The molecular formula is C14H15N3O4. The van der Waals surface area contributed by atoms with Crippen molar-refractivity contribution >= 4 is 23.1 Å². The molecule has 21 heavy (non-hydrogen) atoms. The van der Waals surface area contributed by atoms with Crippen LogP contribution in [0.2, 0.25) is 0 Å². The van der Waals surface area contributed by atoms with Crippen LogP contribution in [0.15, 0.2) is 24.3 Å². The molecule has 1 aromatic carbocycles. The smallest absolute Gasteiger partial charge is 0.270 e. The van der Waals surface area contributed by atoms with Gasteiger partial charge in [0.25, 0.3) is 5.69 Å². The second-order valence-corrected chi connectivity index (χ2v) is 4.78. The second-order valence-electron chi connectivity index (χ2n) is 4.78. The lowest BCUT2D eigenvalue weighted by atomic mass is 9.93. The van der Waals surface area contributed by atoms with E-state index in [0.29, 0.717) is 16.8 Å². The van der Waals surface area contributed by atoms with E-state index in [4.69, 9.17) is 0 Å². The summed E-state index contributed by atoms with van der Waals surface area (Å²) < 4.78 is 0. The fourth-order valence-electron chi connectivity index (χ4n) is 2.20. The average Bonchev–Trinajstić information content (AvgIpc) is 2.45. The number of nitrogens with zero attached hydrogens (tertiary/aromatic N) is 1. The standard InChI is InChI=1S/C14H15N3O4/c1-8(14(19)15-2)16-13-7-11(18)5-9-3-4-10(17(20)21)6-12(9)13/h3-4,6-8,16H,5H2,1-2H3,(H,15,19)/t8-/m1/s1. The van der Waals surface area contributed by atoms with Crippen LogP contribution < -0.4 is 10.6 Å². The summed E-state index contributed by atoms with van der Waals surface area (Å²) >= 11 is 0. The molecule has 0 aromatic heterocycles. The zero-order valence-corrected chi connectivity index (χ0v) is 11.7. The lowest BCUT2D eigenvalue weighted by Gasteiger charge is -2.21. The van der Waals surface area contributed by atoms with E-state index in [-0.39, 0.29) is 23.8 Å². The van der Waals surface area contributed by atoms with Crippen LogP contribution in [0.4, 0.5) is 5.69 Å². The van der Waals surface area contributed by atoms with Crippen LogP contribution in [0.1, 0.15) is 18.1 Å². The zero-order valence-electron chi connectivity index (χ0n) is 11.7. The summed E-state index contributed by atoms with van der Waals surface area (Å²) in [6, 6.07) is 3.80. The number of nitrogens with one attached hydrogen (secondary N) is 2. The molecular weight excluding hydrogens is 274 g/mol. The van der Waals surface area contributed by atoms with Crippen LogP contribution in [0.3, 0.4) is 0 Å². The molecule has 0 spiro atoms. The zero-order chi connectivity index (χ0) is 15.6. The molecule has 1 atom stereocenters. The number of amides is 1. The highest BCUT2D eigenvalue weighted by molar-refractivity contribution is 6.02. The number of rotatable bonds is 4. The van der Waals surface area contributed by atoms with E-state index in [0.717, 1.165) is 0 Å². The van der Waals surface area contributed by atoms with Crippen molar-refractivity contribution in [1.29, 1.82) is 0 Å². The van der Waals surface area contributed by atoms with E-state index in [1.807, 2.05) is 0 Å². The molecule has 1 aliphatic carbocycles. The van der Waals surface area contributed by atoms with Gasteiger partial charge in [-0.15, -0.1) is 0 Å². The van der Waals surface area contributed by atoms with Crippen molar-refractivity contribution in [2.45, 2.75) is 19.4 Å². The average molecular weight is 289 g/mol. The minimum Gasteiger partial charge on any atom is -0.373 e. The number of hydrogen-bond donors (Lipinski definition) is 2. The van der Waals surface area contributed by atoms with Crippen LogP contribution in [0.5, 0.6) is 0 Å². The molecule has 110 valence electrons. The summed E-state index contributed by atoms with van der Waals surface area (Å²) in [6.45, 7) is 1.65. The summed E-state index contributed by atoms with van der Waals surface area (Å²) in [5, 5.41) is 16.3. The van der Waals surface area contributed by atoms with Gasteiger partial charge in [0.05, 0.1) is 4.92 Å². The lowest BCUT2D eigenvalue weighted by Crippen LogP contribution is -2.40. The molecule has 1 amide bonds. The minimum atomic E-state index is -0.556. The predicted octanol–water partition coefficient (Wildman–Crippen LogP) is 0.785. The van der Waals surface area contributed by atoms with Gasteiger partial charge in [0.2, 0.25) is 5.91 Å². The van der Waals surface area contributed by atoms with Crippen molar-refractivity contribution in [2.75, 3.05) is 7.05 Å². The molecule has 0 radical (unpaired) electrons. The summed E-state index contributed by atoms with van der Waals surface area (Å²) in [6.07, 6.45) is 1.58. The molecule has 0 bridgehead atoms. The van der Waals surface area contributed by atoms with Crippen molar-refractivity contribution in [3.8, 4) is 0 Å². The Labute approximate surface area is 121 Å². The summed E-state index contributed by atoms with van der Waals surface area (Å²) in [7, 11) is 1.51. The Kier molecular flexibility index (Phi) is 4.02. The number of likely N-dealkylation sites (N-methyl/N-ethyl adjacent to an activating group) is 1. The first kappa shape index (κ1) is 14.7. The van der Waals surface area contributed by atoms with Crippen LogP contribution in [0, 0.1) is 10.1 Å². The minimum absolute atomic E-state index is 0.0524. The molecule has 0 unspecified atom stereocenters. The molecule has 0 fully saturated rings. The molecule has 2 rings (SSSR count).